The normalized spacial score (nSPS) is 25.7. The fourth-order valence-corrected chi connectivity index (χ4v) is 6.56. The number of Topliss-reactive ketones (excluding diaryl/α,β-unsaturated/α-hetero) is 2. The van der Waals surface area contributed by atoms with Gasteiger partial charge in [0.15, 0.2) is 11.4 Å². The van der Waals surface area contributed by atoms with Crippen LogP contribution in [0.15, 0.2) is 53.1 Å². The van der Waals surface area contributed by atoms with E-state index in [-0.39, 0.29) is 24.0 Å². The van der Waals surface area contributed by atoms with E-state index in [1.165, 1.54) is 21.7 Å². The number of allylic oxidation sites excluding steroid dienone is 1. The van der Waals surface area contributed by atoms with Crippen LogP contribution in [0.5, 0.6) is 5.75 Å². The van der Waals surface area contributed by atoms with Gasteiger partial charge in [-0.2, -0.15) is 0 Å². The number of rotatable bonds is 3. The number of aliphatic hydroxyl groups excluding tert-OH is 2. The lowest BCUT2D eigenvalue weighted by Crippen LogP contribution is -2.63. The highest BCUT2D eigenvalue weighted by atomic mass is 16.6. The Morgan fingerprint density at radius 1 is 1.12 bits per heavy atom. The Bertz CT molecular complexity index is 1620. The third-order valence-electron chi connectivity index (χ3n) is 8.22. The van der Waals surface area contributed by atoms with Gasteiger partial charge < -0.3 is 30.9 Å². The number of ether oxygens (including phenoxy) is 1. The number of benzene rings is 1. The number of fused-ring (bicyclic) bond motifs is 3. The van der Waals surface area contributed by atoms with Gasteiger partial charge in [-0.1, -0.05) is 0 Å². The molecule has 3 aliphatic rings. The van der Waals surface area contributed by atoms with Crippen LogP contribution in [0.4, 0.5) is 4.79 Å². The molecule has 1 heterocycles. The first kappa shape index (κ1) is 29.1. The van der Waals surface area contributed by atoms with Crippen LogP contribution in [0.25, 0.3) is 11.3 Å². The number of likely N-dealkylation sites (N-methyl/N-ethyl adjacent to an activating group) is 1. The number of hydrogen-bond donors (Lipinski definition) is 5. The maximum atomic E-state index is 14.0. The number of phenols is 1. The minimum absolute atomic E-state index is 0.0477. The van der Waals surface area contributed by atoms with Gasteiger partial charge in [-0.3, -0.25) is 23.9 Å². The van der Waals surface area contributed by atoms with E-state index in [9.17, 15) is 39.6 Å². The molecule has 1 aromatic carbocycles. The molecule has 0 aliphatic heterocycles. The summed E-state index contributed by atoms with van der Waals surface area (Å²) in [6.07, 6.45) is 0.909. The summed E-state index contributed by atoms with van der Waals surface area (Å²) in [7, 11) is 3.13. The van der Waals surface area contributed by atoms with E-state index in [4.69, 9.17) is 10.5 Å². The fraction of sp³-hybridized carbons (Fsp3) is 0.400. The molecule has 0 bridgehead atoms. The summed E-state index contributed by atoms with van der Waals surface area (Å²) in [5, 5.41) is 44.9. The summed E-state index contributed by atoms with van der Waals surface area (Å²) >= 11 is 0. The molecule has 4 atom stereocenters. The minimum Gasteiger partial charge on any atom is -0.510 e. The van der Waals surface area contributed by atoms with Crippen LogP contribution < -0.4 is 5.73 Å². The molecule has 3 aliphatic carbocycles. The molecule has 12 nitrogen and oxygen atoms in total. The molecule has 1 aromatic heterocycles. The van der Waals surface area contributed by atoms with Crippen LogP contribution in [0.3, 0.4) is 0 Å². The third kappa shape index (κ3) is 4.12. The van der Waals surface area contributed by atoms with Crippen molar-refractivity contribution in [3.63, 3.8) is 0 Å². The molecular weight excluding hydrogens is 546 g/mol. The summed E-state index contributed by atoms with van der Waals surface area (Å²) in [5.74, 6) is -7.26. The van der Waals surface area contributed by atoms with Crippen molar-refractivity contribution in [3.05, 3.63) is 64.3 Å². The number of aromatic hydroxyl groups is 1. The standard InChI is InChI=1S/C30H33N3O9/c1-29(2,3)42-28(40)33-10-6-7-17(33)14-8-9-18(34)20-15(14)11-13-12-16-22(32(4)5)24(36)21(27(31)39)26(38)30(16,41)25(37)19(13)23(20)35/h6-10,13,16,22,34,36-37,41H,11-12H2,1-5H3,(H2,31,39)/t13-,16-,22-,30-/m0/s1. The predicted molar refractivity (Wildman–Crippen MR) is 149 cm³/mol. The van der Waals surface area contributed by atoms with E-state index in [0.717, 1.165) is 0 Å². The Kier molecular flexibility index (Phi) is 6.62. The summed E-state index contributed by atoms with van der Waals surface area (Å²) in [6, 6.07) is 5.08. The summed E-state index contributed by atoms with van der Waals surface area (Å²) in [6.45, 7) is 5.20. The lowest BCUT2D eigenvalue weighted by atomic mass is 9.58. The molecular formula is C30H33N3O9. The summed E-state index contributed by atoms with van der Waals surface area (Å²) in [4.78, 5) is 54.0. The molecule has 12 heteroatoms. The van der Waals surface area contributed by atoms with Gasteiger partial charge in [0.2, 0.25) is 5.78 Å². The van der Waals surface area contributed by atoms with Crippen molar-refractivity contribution in [2.75, 3.05) is 14.1 Å². The molecule has 222 valence electrons. The van der Waals surface area contributed by atoms with Crippen LogP contribution in [0.1, 0.15) is 43.1 Å². The molecule has 0 spiro atoms. The minimum atomic E-state index is -2.72. The smallest absolute Gasteiger partial charge is 0.418 e. The van der Waals surface area contributed by atoms with Crippen molar-refractivity contribution in [2.45, 2.75) is 50.9 Å². The molecule has 0 unspecified atom stereocenters. The first-order valence-electron chi connectivity index (χ1n) is 13.4. The largest absolute Gasteiger partial charge is 0.510 e. The van der Waals surface area contributed by atoms with E-state index in [1.54, 1.807) is 53.1 Å². The van der Waals surface area contributed by atoms with Gasteiger partial charge in [-0.05, 0) is 83.5 Å². The van der Waals surface area contributed by atoms with E-state index in [1.807, 2.05) is 0 Å². The lowest BCUT2D eigenvalue weighted by Gasteiger charge is -2.50. The number of hydrogen-bond acceptors (Lipinski definition) is 10. The highest BCUT2D eigenvalue weighted by molar-refractivity contribution is 6.24. The van der Waals surface area contributed by atoms with E-state index < -0.39 is 75.5 Å². The zero-order chi connectivity index (χ0) is 31.0. The van der Waals surface area contributed by atoms with Crippen molar-refractivity contribution in [1.29, 1.82) is 0 Å². The van der Waals surface area contributed by atoms with E-state index >= 15 is 0 Å². The quantitative estimate of drug-likeness (QED) is 0.337. The Morgan fingerprint density at radius 2 is 1.79 bits per heavy atom. The van der Waals surface area contributed by atoms with Crippen molar-refractivity contribution in [1.82, 2.24) is 9.47 Å². The zero-order valence-corrected chi connectivity index (χ0v) is 23.8. The highest BCUT2D eigenvalue weighted by Gasteiger charge is 2.63. The number of amides is 1. The predicted octanol–water partition coefficient (Wildman–Crippen LogP) is 2.37. The molecule has 0 radical (unpaired) electrons. The van der Waals surface area contributed by atoms with Crippen molar-refractivity contribution in [3.8, 4) is 17.0 Å². The van der Waals surface area contributed by atoms with Crippen LogP contribution in [0.2, 0.25) is 0 Å². The maximum Gasteiger partial charge on any atom is 0.418 e. The number of aliphatic hydroxyl groups is 3. The van der Waals surface area contributed by atoms with Gasteiger partial charge in [0, 0.05) is 23.3 Å². The highest BCUT2D eigenvalue weighted by Crippen LogP contribution is 2.53. The fourth-order valence-electron chi connectivity index (χ4n) is 6.56. The first-order valence-corrected chi connectivity index (χ1v) is 13.4. The molecule has 0 saturated heterocycles. The summed E-state index contributed by atoms with van der Waals surface area (Å²) < 4.78 is 6.82. The Labute approximate surface area is 241 Å². The number of phenolic OH excluding ortho intramolecular Hbond substituents is 1. The van der Waals surface area contributed by atoms with Crippen molar-refractivity contribution >= 4 is 23.6 Å². The number of nitrogens with two attached hydrogens (primary N) is 1. The molecule has 6 N–H and O–H groups in total. The average molecular weight is 580 g/mol. The van der Waals surface area contributed by atoms with Crippen molar-refractivity contribution < 1.29 is 44.3 Å². The zero-order valence-electron chi connectivity index (χ0n) is 23.8. The van der Waals surface area contributed by atoms with Crippen LogP contribution in [0, 0.1) is 11.8 Å². The number of carbonyl (C=O) groups excluding carboxylic acids is 4. The van der Waals surface area contributed by atoms with E-state index in [2.05, 4.69) is 0 Å². The number of ketones is 2. The average Bonchev–Trinajstić information content (AvgIpc) is 3.35. The van der Waals surface area contributed by atoms with Gasteiger partial charge in [-0.25, -0.2) is 4.79 Å². The topological polar surface area (TPSA) is 193 Å². The van der Waals surface area contributed by atoms with Crippen molar-refractivity contribution in [2.24, 2.45) is 17.6 Å². The second-order valence-electron chi connectivity index (χ2n) is 12.2. The molecule has 0 saturated carbocycles. The maximum absolute atomic E-state index is 14.0. The van der Waals surface area contributed by atoms with Crippen LogP contribution in [-0.4, -0.2) is 84.8 Å². The number of nitrogens with zero attached hydrogens (tertiary/aromatic N) is 2. The second kappa shape index (κ2) is 9.57. The Morgan fingerprint density at radius 3 is 2.38 bits per heavy atom. The molecule has 2 aromatic rings. The molecule has 0 fully saturated rings. The number of aromatic nitrogens is 1. The van der Waals surface area contributed by atoms with Gasteiger partial charge >= 0.3 is 6.09 Å². The monoisotopic (exact) mass is 579 g/mol. The first-order chi connectivity index (χ1) is 19.5. The Hall–Kier alpha value is -4.42. The van der Waals surface area contributed by atoms with Gasteiger partial charge in [0.1, 0.15) is 28.4 Å². The number of primary amides is 1. The van der Waals surface area contributed by atoms with Gasteiger partial charge in [0.25, 0.3) is 5.91 Å². The van der Waals surface area contributed by atoms with Gasteiger partial charge in [0.05, 0.1) is 17.3 Å². The SMILES string of the molecule is CN(C)[C@@H]1C(O)=C(C(N)=O)C(=O)[C@@]2(O)C(O)=C3C(=O)c4c(O)ccc(-c5cccn5C(=O)OC(C)(C)C)c4C[C@H]3C[C@@H]12. The third-order valence-corrected chi connectivity index (χ3v) is 8.22. The number of carbonyl (C=O) groups is 4. The second-order valence-corrected chi connectivity index (χ2v) is 12.2. The van der Waals surface area contributed by atoms with E-state index in [0.29, 0.717) is 16.8 Å². The molecule has 42 heavy (non-hydrogen) atoms. The summed E-state index contributed by atoms with van der Waals surface area (Å²) in [5.41, 5.74) is 1.88. The molecule has 5 rings (SSSR count). The van der Waals surface area contributed by atoms with Crippen LogP contribution in [-0.2, 0) is 20.7 Å². The van der Waals surface area contributed by atoms with Crippen LogP contribution >= 0.6 is 0 Å². The Balaban J connectivity index is 1.68. The lowest BCUT2D eigenvalue weighted by molar-refractivity contribution is -0.148. The molecule has 1 amide bonds. The van der Waals surface area contributed by atoms with Gasteiger partial charge in [-0.15, -0.1) is 0 Å².